The van der Waals surface area contributed by atoms with Crippen molar-refractivity contribution in [1.29, 1.82) is 0 Å². The van der Waals surface area contributed by atoms with Crippen LogP contribution in [0.2, 0.25) is 4.34 Å². The van der Waals surface area contributed by atoms with Crippen molar-refractivity contribution in [2.45, 2.75) is 4.90 Å². The maximum Gasteiger partial charge on any atom is 0.263 e. The number of halogens is 1. The Hall–Kier alpha value is -2.19. The van der Waals surface area contributed by atoms with E-state index in [0.29, 0.717) is 15.2 Å². The Bertz CT molecular complexity index is 1170. The Morgan fingerprint density at radius 3 is 2.26 bits per heavy atom. The molecular weight excluding hydrogens is 420 g/mol. The number of benzene rings is 2. The van der Waals surface area contributed by atoms with Gasteiger partial charge in [-0.3, -0.25) is 4.72 Å². The fourth-order valence-electron chi connectivity index (χ4n) is 2.52. The average molecular weight is 433 g/mol. The van der Waals surface area contributed by atoms with E-state index in [9.17, 15) is 8.42 Å². The maximum atomic E-state index is 12.6. The van der Waals surface area contributed by atoms with Gasteiger partial charge in [0, 0.05) is 5.38 Å². The van der Waals surface area contributed by atoms with Crippen LogP contribution in [0.4, 0.5) is 5.13 Å². The summed E-state index contributed by atoms with van der Waals surface area (Å²) in [5.74, 6) is 0. The highest BCUT2D eigenvalue weighted by atomic mass is 35.5. The number of anilines is 1. The van der Waals surface area contributed by atoms with Gasteiger partial charge < -0.3 is 0 Å². The van der Waals surface area contributed by atoms with Crippen molar-refractivity contribution >= 4 is 49.4 Å². The van der Waals surface area contributed by atoms with Crippen LogP contribution in [-0.4, -0.2) is 13.4 Å². The van der Waals surface area contributed by atoms with Crippen molar-refractivity contribution in [2.75, 3.05) is 4.72 Å². The minimum absolute atomic E-state index is 0.193. The molecule has 0 aliphatic heterocycles. The molecule has 2 heterocycles. The van der Waals surface area contributed by atoms with Crippen molar-refractivity contribution in [3.8, 4) is 21.7 Å². The molecule has 0 fully saturated rings. The van der Waals surface area contributed by atoms with Crippen LogP contribution < -0.4 is 4.72 Å². The number of thiophene rings is 1. The summed E-state index contributed by atoms with van der Waals surface area (Å²) in [7, 11) is -3.70. The lowest BCUT2D eigenvalue weighted by Crippen LogP contribution is -2.12. The van der Waals surface area contributed by atoms with Gasteiger partial charge in [0.2, 0.25) is 0 Å². The molecule has 0 bridgehead atoms. The third-order valence-corrected chi connectivity index (χ3v) is 7.32. The van der Waals surface area contributed by atoms with Crippen LogP contribution in [0.3, 0.4) is 0 Å². The molecule has 0 spiro atoms. The SMILES string of the molecule is O=S(=O)(Nc1nc(-c2ccc(Cl)s2)cs1)c1ccc(-c2ccccc2)cc1. The Labute approximate surface area is 170 Å². The smallest absolute Gasteiger partial charge is 0.255 e. The predicted molar refractivity (Wildman–Crippen MR) is 113 cm³/mol. The van der Waals surface area contributed by atoms with Crippen LogP contribution in [0.25, 0.3) is 21.7 Å². The Morgan fingerprint density at radius 2 is 1.59 bits per heavy atom. The second kappa shape index (κ2) is 7.44. The third-order valence-electron chi connectivity index (χ3n) is 3.82. The zero-order valence-electron chi connectivity index (χ0n) is 13.8. The van der Waals surface area contributed by atoms with Gasteiger partial charge in [0.05, 0.1) is 19.8 Å². The molecular formula is C19H13ClN2O2S3. The van der Waals surface area contributed by atoms with Gasteiger partial charge in [0.25, 0.3) is 10.0 Å². The van der Waals surface area contributed by atoms with Crippen LogP contribution >= 0.6 is 34.3 Å². The Kier molecular flexibility index (Phi) is 5.01. The Morgan fingerprint density at radius 1 is 0.889 bits per heavy atom. The number of hydrogen-bond acceptors (Lipinski definition) is 5. The Balaban J connectivity index is 1.54. The van der Waals surface area contributed by atoms with Crippen molar-refractivity contribution in [3.05, 3.63) is 76.4 Å². The molecule has 0 radical (unpaired) electrons. The largest absolute Gasteiger partial charge is 0.263 e. The van der Waals surface area contributed by atoms with Crippen LogP contribution in [0, 0.1) is 0 Å². The molecule has 8 heteroatoms. The molecule has 0 aliphatic rings. The zero-order chi connectivity index (χ0) is 18.9. The minimum atomic E-state index is -3.70. The number of sulfonamides is 1. The maximum absolute atomic E-state index is 12.6. The lowest BCUT2D eigenvalue weighted by molar-refractivity contribution is 0.601. The minimum Gasteiger partial charge on any atom is -0.255 e. The predicted octanol–water partition coefficient (Wildman–Crippen LogP) is 5.99. The highest BCUT2D eigenvalue weighted by molar-refractivity contribution is 7.93. The highest BCUT2D eigenvalue weighted by Gasteiger charge is 2.17. The van der Waals surface area contributed by atoms with Gasteiger partial charge in [0.15, 0.2) is 5.13 Å². The van der Waals surface area contributed by atoms with Crippen molar-refractivity contribution in [1.82, 2.24) is 4.98 Å². The van der Waals surface area contributed by atoms with Crippen molar-refractivity contribution in [3.63, 3.8) is 0 Å². The van der Waals surface area contributed by atoms with Crippen LogP contribution in [0.5, 0.6) is 0 Å². The number of aromatic nitrogens is 1. The van der Waals surface area contributed by atoms with E-state index < -0.39 is 10.0 Å². The van der Waals surface area contributed by atoms with E-state index in [1.54, 1.807) is 35.7 Å². The van der Waals surface area contributed by atoms with E-state index in [1.807, 2.05) is 36.4 Å². The highest BCUT2D eigenvalue weighted by Crippen LogP contribution is 2.33. The van der Waals surface area contributed by atoms with E-state index in [1.165, 1.54) is 22.7 Å². The molecule has 0 saturated heterocycles. The molecule has 4 aromatic rings. The summed E-state index contributed by atoms with van der Waals surface area (Å²) in [6.07, 6.45) is 0. The molecule has 0 unspecified atom stereocenters. The topological polar surface area (TPSA) is 59.1 Å². The van der Waals surface area contributed by atoms with E-state index >= 15 is 0 Å². The van der Waals surface area contributed by atoms with Gasteiger partial charge in [-0.1, -0.05) is 54.1 Å². The van der Waals surface area contributed by atoms with Crippen LogP contribution in [0.1, 0.15) is 0 Å². The summed E-state index contributed by atoms with van der Waals surface area (Å²) in [4.78, 5) is 5.44. The summed E-state index contributed by atoms with van der Waals surface area (Å²) in [5, 5.41) is 2.13. The molecule has 2 aromatic heterocycles. The van der Waals surface area contributed by atoms with Gasteiger partial charge in [0.1, 0.15) is 0 Å². The monoisotopic (exact) mass is 432 g/mol. The summed E-state index contributed by atoms with van der Waals surface area (Å²) in [6, 6.07) is 20.2. The summed E-state index contributed by atoms with van der Waals surface area (Å²) >= 11 is 8.58. The van der Waals surface area contributed by atoms with Crippen molar-refractivity contribution < 1.29 is 8.42 Å². The summed E-state index contributed by atoms with van der Waals surface area (Å²) in [6.45, 7) is 0. The second-order valence-electron chi connectivity index (χ2n) is 5.64. The number of nitrogens with zero attached hydrogens (tertiary/aromatic N) is 1. The number of hydrogen-bond donors (Lipinski definition) is 1. The number of rotatable bonds is 5. The van der Waals surface area contributed by atoms with Crippen molar-refractivity contribution in [2.24, 2.45) is 0 Å². The molecule has 1 N–H and O–H groups in total. The van der Waals surface area contributed by atoms with Gasteiger partial charge in [-0.2, -0.15) is 0 Å². The molecule has 2 aromatic carbocycles. The summed E-state index contributed by atoms with van der Waals surface area (Å²) in [5.41, 5.74) is 2.70. The van der Waals surface area contributed by atoms with Gasteiger partial charge >= 0.3 is 0 Å². The molecule has 4 rings (SSSR count). The molecule has 136 valence electrons. The normalized spacial score (nSPS) is 11.4. The first-order chi connectivity index (χ1) is 13.0. The van der Waals surface area contributed by atoms with Gasteiger partial charge in [-0.05, 0) is 35.4 Å². The average Bonchev–Trinajstić information content (AvgIpc) is 3.31. The van der Waals surface area contributed by atoms with E-state index in [2.05, 4.69) is 9.71 Å². The van der Waals surface area contributed by atoms with E-state index in [0.717, 1.165) is 16.0 Å². The first kappa shape index (κ1) is 18.2. The van der Waals surface area contributed by atoms with Crippen LogP contribution in [0.15, 0.2) is 77.0 Å². The molecule has 0 saturated carbocycles. The van der Waals surface area contributed by atoms with E-state index in [4.69, 9.17) is 11.6 Å². The molecule has 27 heavy (non-hydrogen) atoms. The fourth-order valence-corrected chi connectivity index (χ4v) is 5.56. The van der Waals surface area contributed by atoms with Crippen LogP contribution in [-0.2, 0) is 10.0 Å². The number of thiazole rings is 1. The first-order valence-electron chi connectivity index (χ1n) is 7.91. The lowest BCUT2D eigenvalue weighted by atomic mass is 10.1. The molecule has 0 amide bonds. The van der Waals surface area contributed by atoms with Gasteiger partial charge in [-0.15, -0.1) is 22.7 Å². The zero-order valence-corrected chi connectivity index (χ0v) is 17.0. The second-order valence-corrected chi connectivity index (χ2v) is 9.89. The quantitative estimate of drug-likeness (QED) is 0.421. The number of nitrogens with one attached hydrogen (secondary N) is 1. The molecule has 0 atom stereocenters. The van der Waals surface area contributed by atoms with E-state index in [-0.39, 0.29) is 4.90 Å². The molecule has 0 aliphatic carbocycles. The lowest BCUT2D eigenvalue weighted by Gasteiger charge is -2.07. The van der Waals surface area contributed by atoms with Gasteiger partial charge in [-0.25, -0.2) is 13.4 Å². The summed E-state index contributed by atoms with van der Waals surface area (Å²) < 4.78 is 28.5. The molecule has 4 nitrogen and oxygen atoms in total. The standard InChI is InChI=1S/C19H13ClN2O2S3/c20-18-11-10-17(26-18)16-12-25-19(21-16)22-27(23,24)15-8-6-14(7-9-15)13-4-2-1-3-5-13/h1-12H,(H,21,22). The first-order valence-corrected chi connectivity index (χ1v) is 11.5. The third kappa shape index (κ3) is 4.06. The fraction of sp³-hybridized carbons (Fsp3) is 0.